The SMILES string of the molecule is Cc1nn(C)c(C)c1S(=O)(=O)NCCCc1ncn[nH]1. The van der Waals surface area contributed by atoms with Gasteiger partial charge in [-0.2, -0.15) is 10.2 Å². The van der Waals surface area contributed by atoms with E-state index in [-0.39, 0.29) is 4.90 Å². The van der Waals surface area contributed by atoms with Crippen molar-refractivity contribution < 1.29 is 8.42 Å². The lowest BCUT2D eigenvalue weighted by atomic mass is 10.3. The second-order valence-corrected chi connectivity index (χ2v) is 6.26. The summed E-state index contributed by atoms with van der Waals surface area (Å²) in [5, 5.41) is 10.6. The number of aryl methyl sites for hydroxylation is 3. The first-order valence-electron chi connectivity index (χ1n) is 6.26. The number of rotatable bonds is 6. The van der Waals surface area contributed by atoms with Crippen LogP contribution in [0.4, 0.5) is 0 Å². The van der Waals surface area contributed by atoms with Crippen LogP contribution in [-0.4, -0.2) is 39.9 Å². The molecule has 0 aliphatic rings. The second kappa shape index (κ2) is 5.71. The number of hydrogen-bond acceptors (Lipinski definition) is 5. The first-order chi connectivity index (χ1) is 9.42. The Bertz CT molecular complexity index is 674. The molecule has 110 valence electrons. The normalized spacial score (nSPS) is 11.9. The fraction of sp³-hybridized carbons (Fsp3) is 0.545. The van der Waals surface area contributed by atoms with Crippen LogP contribution in [0, 0.1) is 13.8 Å². The molecule has 0 aromatic carbocycles. The van der Waals surface area contributed by atoms with E-state index in [0.717, 1.165) is 5.82 Å². The summed E-state index contributed by atoms with van der Waals surface area (Å²) in [7, 11) is -1.79. The number of nitrogens with one attached hydrogen (secondary N) is 2. The van der Waals surface area contributed by atoms with Crippen LogP contribution in [-0.2, 0) is 23.5 Å². The molecule has 9 heteroatoms. The number of aromatic nitrogens is 5. The molecular weight excluding hydrogens is 280 g/mol. The monoisotopic (exact) mass is 298 g/mol. The molecular formula is C11H18N6O2S. The van der Waals surface area contributed by atoms with Gasteiger partial charge < -0.3 is 0 Å². The zero-order chi connectivity index (χ0) is 14.8. The van der Waals surface area contributed by atoms with E-state index in [0.29, 0.717) is 30.8 Å². The van der Waals surface area contributed by atoms with Gasteiger partial charge in [0, 0.05) is 20.0 Å². The van der Waals surface area contributed by atoms with Gasteiger partial charge in [0.1, 0.15) is 17.0 Å². The minimum atomic E-state index is -3.52. The summed E-state index contributed by atoms with van der Waals surface area (Å²) in [4.78, 5) is 4.25. The Morgan fingerprint density at radius 2 is 2.15 bits per heavy atom. The molecule has 0 aliphatic heterocycles. The van der Waals surface area contributed by atoms with Gasteiger partial charge in [0.25, 0.3) is 0 Å². The summed E-state index contributed by atoms with van der Waals surface area (Å²) >= 11 is 0. The molecule has 20 heavy (non-hydrogen) atoms. The highest BCUT2D eigenvalue weighted by Crippen LogP contribution is 2.18. The Morgan fingerprint density at radius 3 is 2.70 bits per heavy atom. The summed E-state index contributed by atoms with van der Waals surface area (Å²) < 4.78 is 28.7. The molecule has 0 unspecified atom stereocenters. The Morgan fingerprint density at radius 1 is 1.40 bits per heavy atom. The van der Waals surface area contributed by atoms with E-state index in [9.17, 15) is 8.42 Å². The Kier molecular flexibility index (Phi) is 4.19. The van der Waals surface area contributed by atoms with Crippen molar-refractivity contribution in [3.63, 3.8) is 0 Å². The first kappa shape index (κ1) is 14.7. The molecule has 0 radical (unpaired) electrons. The maximum absolute atomic E-state index is 12.2. The predicted octanol–water partition coefficient (Wildman–Crippen LogP) is 0.0661. The average Bonchev–Trinajstić information content (AvgIpc) is 2.95. The topological polar surface area (TPSA) is 106 Å². The molecule has 2 aromatic heterocycles. The highest BCUT2D eigenvalue weighted by molar-refractivity contribution is 7.89. The fourth-order valence-corrected chi connectivity index (χ4v) is 3.54. The molecule has 0 spiro atoms. The number of hydrogen-bond donors (Lipinski definition) is 2. The smallest absolute Gasteiger partial charge is 0.244 e. The van der Waals surface area contributed by atoms with E-state index in [4.69, 9.17) is 0 Å². The van der Waals surface area contributed by atoms with Gasteiger partial charge in [0.05, 0.1) is 11.4 Å². The van der Waals surface area contributed by atoms with Gasteiger partial charge in [0.2, 0.25) is 10.0 Å². The Hall–Kier alpha value is -1.74. The quantitative estimate of drug-likeness (QED) is 0.734. The molecule has 2 heterocycles. The number of sulfonamides is 1. The third-order valence-electron chi connectivity index (χ3n) is 3.06. The minimum Gasteiger partial charge on any atom is -0.271 e. The van der Waals surface area contributed by atoms with Crippen LogP contribution < -0.4 is 4.72 Å². The zero-order valence-corrected chi connectivity index (χ0v) is 12.5. The van der Waals surface area contributed by atoms with Crippen molar-refractivity contribution in [3.05, 3.63) is 23.5 Å². The maximum Gasteiger partial charge on any atom is 0.244 e. The molecule has 2 aromatic rings. The molecule has 0 aliphatic carbocycles. The van der Waals surface area contributed by atoms with E-state index >= 15 is 0 Å². The van der Waals surface area contributed by atoms with Crippen LogP contribution in [0.2, 0.25) is 0 Å². The minimum absolute atomic E-state index is 0.264. The van der Waals surface area contributed by atoms with Gasteiger partial charge >= 0.3 is 0 Å². The van der Waals surface area contributed by atoms with Crippen molar-refractivity contribution in [2.75, 3.05) is 6.54 Å². The van der Waals surface area contributed by atoms with Crippen molar-refractivity contribution >= 4 is 10.0 Å². The fourth-order valence-electron chi connectivity index (χ4n) is 2.03. The summed E-state index contributed by atoms with van der Waals surface area (Å²) in [6.45, 7) is 3.77. The molecule has 8 nitrogen and oxygen atoms in total. The average molecular weight is 298 g/mol. The van der Waals surface area contributed by atoms with Gasteiger partial charge in [-0.3, -0.25) is 9.78 Å². The molecule has 0 atom stereocenters. The van der Waals surface area contributed by atoms with Crippen molar-refractivity contribution in [1.82, 2.24) is 29.7 Å². The van der Waals surface area contributed by atoms with Gasteiger partial charge in [-0.05, 0) is 20.3 Å². The summed E-state index contributed by atoms with van der Waals surface area (Å²) in [5.74, 6) is 0.748. The summed E-state index contributed by atoms with van der Waals surface area (Å²) in [6, 6.07) is 0. The largest absolute Gasteiger partial charge is 0.271 e. The zero-order valence-electron chi connectivity index (χ0n) is 11.7. The highest BCUT2D eigenvalue weighted by Gasteiger charge is 2.23. The van der Waals surface area contributed by atoms with Crippen LogP contribution in [0.25, 0.3) is 0 Å². The Labute approximate surface area is 117 Å². The van der Waals surface area contributed by atoms with Crippen LogP contribution in [0.3, 0.4) is 0 Å². The molecule has 0 saturated carbocycles. The summed E-state index contributed by atoms with van der Waals surface area (Å²) in [6.07, 6.45) is 2.72. The molecule has 2 rings (SSSR count). The van der Waals surface area contributed by atoms with E-state index in [1.165, 1.54) is 6.33 Å². The van der Waals surface area contributed by atoms with Crippen molar-refractivity contribution in [2.24, 2.45) is 7.05 Å². The lowest BCUT2D eigenvalue weighted by Gasteiger charge is -2.06. The molecule has 0 amide bonds. The second-order valence-electron chi connectivity index (χ2n) is 4.56. The number of nitrogens with zero attached hydrogens (tertiary/aromatic N) is 4. The van der Waals surface area contributed by atoms with Crippen molar-refractivity contribution in [3.8, 4) is 0 Å². The summed E-state index contributed by atoms with van der Waals surface area (Å²) in [5.41, 5.74) is 1.14. The van der Waals surface area contributed by atoms with Gasteiger partial charge in [0.15, 0.2) is 0 Å². The van der Waals surface area contributed by atoms with Gasteiger partial charge in [-0.25, -0.2) is 18.1 Å². The van der Waals surface area contributed by atoms with Crippen LogP contribution >= 0.6 is 0 Å². The van der Waals surface area contributed by atoms with E-state index in [1.54, 1.807) is 25.6 Å². The third kappa shape index (κ3) is 3.05. The van der Waals surface area contributed by atoms with Crippen LogP contribution in [0.15, 0.2) is 11.2 Å². The third-order valence-corrected chi connectivity index (χ3v) is 4.77. The number of H-pyrrole nitrogens is 1. The lowest BCUT2D eigenvalue weighted by molar-refractivity contribution is 0.576. The van der Waals surface area contributed by atoms with Gasteiger partial charge in [-0.1, -0.05) is 0 Å². The van der Waals surface area contributed by atoms with Crippen LogP contribution in [0.5, 0.6) is 0 Å². The Balaban J connectivity index is 1.97. The molecule has 0 bridgehead atoms. The first-order valence-corrected chi connectivity index (χ1v) is 7.74. The van der Waals surface area contributed by atoms with Crippen LogP contribution in [0.1, 0.15) is 23.6 Å². The van der Waals surface area contributed by atoms with Crippen molar-refractivity contribution in [1.29, 1.82) is 0 Å². The standard InChI is InChI=1S/C11H18N6O2S/c1-8-11(9(2)17(3)16-8)20(18,19)14-6-4-5-10-12-7-13-15-10/h7,14H,4-6H2,1-3H3,(H,12,13,15). The molecule has 2 N–H and O–H groups in total. The number of aromatic amines is 1. The highest BCUT2D eigenvalue weighted by atomic mass is 32.2. The molecule has 0 saturated heterocycles. The van der Waals surface area contributed by atoms with Crippen molar-refractivity contribution in [2.45, 2.75) is 31.6 Å². The maximum atomic E-state index is 12.2. The van der Waals surface area contributed by atoms with E-state index in [1.807, 2.05) is 0 Å². The van der Waals surface area contributed by atoms with E-state index in [2.05, 4.69) is 25.0 Å². The predicted molar refractivity (Wildman–Crippen MR) is 72.6 cm³/mol. The van der Waals surface area contributed by atoms with Gasteiger partial charge in [-0.15, -0.1) is 0 Å². The van der Waals surface area contributed by atoms with E-state index < -0.39 is 10.0 Å². The molecule has 0 fully saturated rings. The lowest BCUT2D eigenvalue weighted by Crippen LogP contribution is -2.26.